The molecule has 1 amide bonds. The molecule has 0 bridgehead atoms. The van der Waals surface area contributed by atoms with Gasteiger partial charge in [-0.3, -0.25) is 9.48 Å². The van der Waals surface area contributed by atoms with Crippen molar-refractivity contribution in [2.24, 2.45) is 0 Å². The number of anilines is 1. The Bertz CT molecular complexity index is 517. The molecule has 1 heterocycles. The van der Waals surface area contributed by atoms with E-state index in [-0.39, 0.29) is 11.9 Å². The average molecular weight is 257 g/mol. The van der Waals surface area contributed by atoms with Crippen LogP contribution in [0.4, 0.5) is 5.69 Å². The summed E-state index contributed by atoms with van der Waals surface area (Å²) >= 11 is 0. The summed E-state index contributed by atoms with van der Waals surface area (Å²) in [5.74, 6) is 0.00671. The number of aryl methyl sites for hydroxylation is 1. The van der Waals surface area contributed by atoms with Gasteiger partial charge in [0, 0.05) is 24.5 Å². The number of benzene rings is 1. The highest BCUT2D eigenvalue weighted by atomic mass is 16.1. The number of rotatable bonds is 5. The Labute approximate surface area is 113 Å². The molecule has 1 atom stereocenters. The fraction of sp³-hybridized carbons (Fsp3) is 0.333. The van der Waals surface area contributed by atoms with Gasteiger partial charge in [-0.2, -0.15) is 5.10 Å². The van der Waals surface area contributed by atoms with Gasteiger partial charge in [0.25, 0.3) is 0 Å². The summed E-state index contributed by atoms with van der Waals surface area (Å²) in [6.07, 6.45) is 5.01. The lowest BCUT2D eigenvalue weighted by atomic mass is 10.1. The second-order valence-corrected chi connectivity index (χ2v) is 4.64. The lowest BCUT2D eigenvalue weighted by molar-refractivity contribution is -0.116. The molecule has 0 saturated carbocycles. The molecule has 0 aliphatic carbocycles. The van der Waals surface area contributed by atoms with Crippen LogP contribution in [0.2, 0.25) is 0 Å². The normalized spacial score (nSPS) is 12.1. The summed E-state index contributed by atoms with van der Waals surface area (Å²) in [7, 11) is 0. The minimum absolute atomic E-state index is 0.00671. The highest BCUT2D eigenvalue weighted by molar-refractivity contribution is 5.90. The van der Waals surface area contributed by atoms with Crippen molar-refractivity contribution in [2.45, 2.75) is 32.7 Å². The molecule has 2 aromatic rings. The first-order valence-electron chi connectivity index (χ1n) is 6.57. The molecule has 0 aliphatic rings. The molecule has 19 heavy (non-hydrogen) atoms. The van der Waals surface area contributed by atoms with Crippen molar-refractivity contribution >= 4 is 11.6 Å². The number of carbonyl (C=O) groups is 1. The topological polar surface area (TPSA) is 46.9 Å². The van der Waals surface area contributed by atoms with Crippen molar-refractivity contribution in [3.05, 3.63) is 48.3 Å². The maximum atomic E-state index is 11.9. The Morgan fingerprint density at radius 1 is 1.37 bits per heavy atom. The predicted molar refractivity (Wildman–Crippen MR) is 76.0 cm³/mol. The maximum absolute atomic E-state index is 11.9. The van der Waals surface area contributed by atoms with Gasteiger partial charge in [0.15, 0.2) is 0 Å². The first kappa shape index (κ1) is 13.3. The minimum Gasteiger partial charge on any atom is -0.326 e. The Morgan fingerprint density at radius 2 is 2.11 bits per heavy atom. The van der Waals surface area contributed by atoms with Crippen LogP contribution in [0.25, 0.3) is 0 Å². The first-order valence-corrected chi connectivity index (χ1v) is 6.57. The monoisotopic (exact) mass is 257 g/mol. The van der Waals surface area contributed by atoms with Crippen LogP contribution in [-0.2, 0) is 11.2 Å². The summed E-state index contributed by atoms with van der Waals surface area (Å²) in [4.78, 5) is 11.9. The molecule has 1 aromatic heterocycles. The summed E-state index contributed by atoms with van der Waals surface area (Å²) in [6, 6.07) is 9.87. The van der Waals surface area contributed by atoms with Gasteiger partial charge in [-0.25, -0.2) is 0 Å². The fourth-order valence-electron chi connectivity index (χ4n) is 1.94. The van der Waals surface area contributed by atoms with Crippen molar-refractivity contribution < 1.29 is 4.79 Å². The molecule has 4 nitrogen and oxygen atoms in total. The molecule has 0 unspecified atom stereocenters. The lowest BCUT2D eigenvalue weighted by Crippen LogP contribution is -2.17. The standard InChI is InChI=1S/C15H19N3O/c1-3-13-5-7-14(8-6-13)17-15(19)11-12(2)18-10-4-9-16-18/h4-10,12H,3,11H2,1-2H3,(H,17,19)/t12-/m1/s1. The molecule has 0 aliphatic heterocycles. The molecule has 1 aromatic carbocycles. The van der Waals surface area contributed by atoms with E-state index in [2.05, 4.69) is 17.3 Å². The Balaban J connectivity index is 1.90. The van der Waals surface area contributed by atoms with Gasteiger partial charge in [-0.1, -0.05) is 19.1 Å². The quantitative estimate of drug-likeness (QED) is 0.895. The van der Waals surface area contributed by atoms with Crippen LogP contribution in [0.3, 0.4) is 0 Å². The third kappa shape index (κ3) is 3.68. The second kappa shape index (κ2) is 6.18. The van der Waals surface area contributed by atoms with Crippen LogP contribution in [0, 0.1) is 0 Å². The molecule has 2 rings (SSSR count). The van der Waals surface area contributed by atoms with Crippen molar-refractivity contribution in [2.75, 3.05) is 5.32 Å². The highest BCUT2D eigenvalue weighted by Crippen LogP contribution is 2.13. The third-order valence-electron chi connectivity index (χ3n) is 3.10. The van der Waals surface area contributed by atoms with Crippen LogP contribution in [0.1, 0.15) is 31.9 Å². The van der Waals surface area contributed by atoms with Gasteiger partial charge in [-0.15, -0.1) is 0 Å². The first-order chi connectivity index (χ1) is 9.19. The molecular weight excluding hydrogens is 238 g/mol. The van der Waals surface area contributed by atoms with Crippen molar-refractivity contribution in [1.29, 1.82) is 0 Å². The van der Waals surface area contributed by atoms with E-state index in [1.807, 2.05) is 43.5 Å². The Kier molecular flexibility index (Phi) is 4.34. The zero-order valence-electron chi connectivity index (χ0n) is 11.3. The number of nitrogens with one attached hydrogen (secondary N) is 1. The van der Waals surface area contributed by atoms with E-state index in [1.54, 1.807) is 10.9 Å². The molecule has 0 spiro atoms. The van der Waals surface area contributed by atoms with Gasteiger partial charge in [0.05, 0.1) is 6.04 Å². The van der Waals surface area contributed by atoms with E-state index < -0.39 is 0 Å². The molecule has 0 fully saturated rings. The maximum Gasteiger partial charge on any atom is 0.226 e. The second-order valence-electron chi connectivity index (χ2n) is 4.64. The van der Waals surface area contributed by atoms with E-state index in [0.29, 0.717) is 6.42 Å². The van der Waals surface area contributed by atoms with Crippen LogP contribution in [0.15, 0.2) is 42.7 Å². The van der Waals surface area contributed by atoms with Crippen molar-refractivity contribution in [1.82, 2.24) is 9.78 Å². The van der Waals surface area contributed by atoms with E-state index >= 15 is 0 Å². The lowest BCUT2D eigenvalue weighted by Gasteiger charge is -2.12. The SMILES string of the molecule is CCc1ccc(NC(=O)C[C@@H](C)n2cccn2)cc1. The number of carbonyl (C=O) groups excluding carboxylic acids is 1. The fourth-order valence-corrected chi connectivity index (χ4v) is 1.94. The molecular formula is C15H19N3O. The van der Waals surface area contributed by atoms with Gasteiger partial charge in [0.1, 0.15) is 0 Å². The summed E-state index contributed by atoms with van der Waals surface area (Å²) < 4.78 is 1.79. The molecule has 1 N–H and O–H groups in total. The van der Waals surface area contributed by atoms with Gasteiger partial charge in [0.2, 0.25) is 5.91 Å². The molecule has 100 valence electrons. The van der Waals surface area contributed by atoms with Gasteiger partial charge in [-0.05, 0) is 37.1 Å². The predicted octanol–water partition coefficient (Wildman–Crippen LogP) is 3.04. The highest BCUT2D eigenvalue weighted by Gasteiger charge is 2.10. The van der Waals surface area contributed by atoms with E-state index in [4.69, 9.17) is 0 Å². The van der Waals surface area contributed by atoms with E-state index in [0.717, 1.165) is 12.1 Å². The van der Waals surface area contributed by atoms with Crippen LogP contribution in [0.5, 0.6) is 0 Å². The number of aromatic nitrogens is 2. The number of nitrogens with zero attached hydrogens (tertiary/aromatic N) is 2. The molecule has 0 saturated heterocycles. The van der Waals surface area contributed by atoms with Crippen molar-refractivity contribution in [3.63, 3.8) is 0 Å². The minimum atomic E-state index is 0.00671. The van der Waals surface area contributed by atoms with E-state index in [9.17, 15) is 4.79 Å². The smallest absolute Gasteiger partial charge is 0.226 e. The largest absolute Gasteiger partial charge is 0.326 e. The number of amides is 1. The van der Waals surface area contributed by atoms with Crippen LogP contribution in [-0.4, -0.2) is 15.7 Å². The van der Waals surface area contributed by atoms with Crippen molar-refractivity contribution in [3.8, 4) is 0 Å². The number of hydrogen-bond donors (Lipinski definition) is 1. The molecule has 4 heteroatoms. The Morgan fingerprint density at radius 3 is 2.68 bits per heavy atom. The third-order valence-corrected chi connectivity index (χ3v) is 3.10. The zero-order valence-corrected chi connectivity index (χ0v) is 11.3. The number of hydrogen-bond acceptors (Lipinski definition) is 2. The Hall–Kier alpha value is -2.10. The summed E-state index contributed by atoms with van der Waals surface area (Å²) in [6.45, 7) is 4.09. The molecule has 0 radical (unpaired) electrons. The van der Waals surface area contributed by atoms with Crippen LogP contribution < -0.4 is 5.32 Å². The summed E-state index contributed by atoms with van der Waals surface area (Å²) in [5.41, 5.74) is 2.11. The van der Waals surface area contributed by atoms with Gasteiger partial charge >= 0.3 is 0 Å². The average Bonchev–Trinajstić information content (AvgIpc) is 2.93. The van der Waals surface area contributed by atoms with Crippen LogP contribution >= 0.6 is 0 Å². The zero-order chi connectivity index (χ0) is 13.7. The van der Waals surface area contributed by atoms with E-state index in [1.165, 1.54) is 5.56 Å². The van der Waals surface area contributed by atoms with Gasteiger partial charge < -0.3 is 5.32 Å². The summed E-state index contributed by atoms with van der Waals surface area (Å²) in [5, 5.41) is 7.04.